The van der Waals surface area contributed by atoms with Crippen molar-refractivity contribution in [2.45, 2.75) is 136 Å². The van der Waals surface area contributed by atoms with Crippen LogP contribution in [0.25, 0.3) is 21.8 Å². The summed E-state index contributed by atoms with van der Waals surface area (Å²) >= 11 is 0. The van der Waals surface area contributed by atoms with Gasteiger partial charge in [0.05, 0.1) is 35.5 Å². The number of hydrogen-bond donors (Lipinski definition) is 3. The maximum absolute atomic E-state index is 12.1. The standard InChI is InChI=1S/C13H24N2O2.C12H22N2O2.C12H14N2O2.C8H16N2.C7H6N2/c1-13(2,3)17-12(16)15-8-6-10-5-7-14(4)9-11(10)15;2*1-12(2,3)16-11(15)14-7-5-9-4-6-13-8-10(9)14;1-10-5-3-7-2-4-9-8(7)6-10;1-3-8-5-7-6(1)2-4-9-7/h10-11H,5-9H2,1-4H3;9-10,13H,4-8H2,1-3H3;4-8H,1-3H3;7-9H,2-6H2,1H3;1-5,9H. The van der Waals surface area contributed by atoms with E-state index in [1.807, 2.05) is 109 Å². The van der Waals surface area contributed by atoms with E-state index in [4.69, 9.17) is 14.2 Å². The van der Waals surface area contributed by atoms with Crippen LogP contribution in [-0.2, 0) is 14.2 Å². The summed E-state index contributed by atoms with van der Waals surface area (Å²) in [5.41, 5.74) is 0.581. The zero-order valence-corrected chi connectivity index (χ0v) is 42.9. The molecule has 68 heavy (non-hydrogen) atoms. The number of pyridine rings is 2. The zero-order valence-electron chi connectivity index (χ0n) is 42.9. The minimum Gasteiger partial charge on any atom is -0.444 e. The lowest BCUT2D eigenvalue weighted by Gasteiger charge is -2.37. The van der Waals surface area contributed by atoms with E-state index >= 15 is 0 Å². The first-order chi connectivity index (χ1) is 32.1. The van der Waals surface area contributed by atoms with Crippen molar-refractivity contribution in [3.05, 3.63) is 61.4 Å². The number of H-pyrrole nitrogens is 1. The molecular formula is C52H82N10O6. The molecule has 6 aliphatic rings. The molecule has 6 saturated heterocycles. The molecule has 16 nitrogen and oxygen atoms in total. The Kier molecular flexibility index (Phi) is 18.0. The van der Waals surface area contributed by atoms with Gasteiger partial charge in [-0.25, -0.2) is 14.4 Å². The van der Waals surface area contributed by atoms with Crippen LogP contribution >= 0.6 is 0 Å². The molecule has 10 heterocycles. The van der Waals surface area contributed by atoms with Crippen LogP contribution in [-0.4, -0.2) is 165 Å². The van der Waals surface area contributed by atoms with Crippen molar-refractivity contribution >= 4 is 40.1 Å². The Balaban J connectivity index is 0.000000142. The van der Waals surface area contributed by atoms with E-state index in [0.717, 1.165) is 80.5 Å². The van der Waals surface area contributed by atoms with Crippen LogP contribution in [0, 0.1) is 17.8 Å². The average Bonchev–Trinajstić information content (AvgIpc) is 4.12. The zero-order chi connectivity index (χ0) is 49.2. The van der Waals surface area contributed by atoms with Gasteiger partial charge in [-0.1, -0.05) is 0 Å². The molecule has 3 N–H and O–H groups in total. The number of likely N-dealkylation sites (N-methyl/N-ethyl adjacent to an activating group) is 2. The van der Waals surface area contributed by atoms with E-state index in [1.165, 1.54) is 55.3 Å². The van der Waals surface area contributed by atoms with Crippen molar-refractivity contribution in [3.63, 3.8) is 0 Å². The number of nitrogens with one attached hydrogen (secondary N) is 3. The van der Waals surface area contributed by atoms with Gasteiger partial charge in [0.15, 0.2) is 0 Å². The monoisotopic (exact) mass is 943 g/mol. The largest absolute Gasteiger partial charge is 0.444 e. The van der Waals surface area contributed by atoms with Gasteiger partial charge in [0.25, 0.3) is 0 Å². The van der Waals surface area contributed by atoms with E-state index in [1.54, 1.807) is 24.8 Å². The second kappa shape index (κ2) is 23.2. The number of nitrogens with zero attached hydrogens (tertiary/aromatic N) is 7. The van der Waals surface area contributed by atoms with Crippen molar-refractivity contribution in [2.75, 3.05) is 73.0 Å². The van der Waals surface area contributed by atoms with Gasteiger partial charge in [-0.2, -0.15) is 0 Å². The van der Waals surface area contributed by atoms with E-state index in [9.17, 15) is 14.4 Å². The number of fused-ring (bicyclic) bond motifs is 5. The molecule has 10 rings (SSSR count). The van der Waals surface area contributed by atoms with Gasteiger partial charge in [-0.05, 0) is 183 Å². The number of likely N-dealkylation sites (tertiary alicyclic amines) is 4. The summed E-state index contributed by atoms with van der Waals surface area (Å²) in [5.74, 6) is 2.35. The highest BCUT2D eigenvalue weighted by molar-refractivity contribution is 5.88. The number of aromatic nitrogens is 4. The maximum atomic E-state index is 12.1. The fraction of sp³-hybridized carbons (Fsp3) is 0.673. The third kappa shape index (κ3) is 15.4. The lowest BCUT2D eigenvalue weighted by Crippen LogP contribution is -2.49. The first-order valence-corrected chi connectivity index (χ1v) is 25.0. The van der Waals surface area contributed by atoms with Crippen LogP contribution in [0.4, 0.5) is 14.4 Å². The molecule has 2 amide bonds. The number of rotatable bonds is 0. The maximum Gasteiger partial charge on any atom is 0.419 e. The molecule has 0 saturated carbocycles. The fourth-order valence-electron chi connectivity index (χ4n) is 9.99. The first kappa shape index (κ1) is 52.6. The molecule has 376 valence electrons. The predicted octanol–water partition coefficient (Wildman–Crippen LogP) is 8.24. The summed E-state index contributed by atoms with van der Waals surface area (Å²) in [6.07, 6.45) is 17.4. The number of aromatic amines is 1. The van der Waals surface area contributed by atoms with Gasteiger partial charge < -0.3 is 49.4 Å². The van der Waals surface area contributed by atoms with Crippen molar-refractivity contribution < 1.29 is 28.6 Å². The SMILES string of the molecule is CC(C)(C)OC(=O)N1CCC2CCNCC21.CC(C)(C)OC(=O)n1ccc2ccncc21.CN1CCC2CCN(C(=O)OC(C)(C)C)C2C1.CN1CCC2CCNC2C1.c1cc2cc[nH]c2cn1. The number of ether oxygens (including phenoxy) is 3. The summed E-state index contributed by atoms with van der Waals surface area (Å²) in [4.78, 5) is 55.5. The van der Waals surface area contributed by atoms with E-state index in [-0.39, 0.29) is 18.3 Å². The topological polar surface area (TPSA) is 162 Å². The van der Waals surface area contributed by atoms with Crippen molar-refractivity contribution in [1.29, 1.82) is 0 Å². The van der Waals surface area contributed by atoms with Crippen LogP contribution in [0.3, 0.4) is 0 Å². The van der Waals surface area contributed by atoms with Crippen LogP contribution in [0.2, 0.25) is 0 Å². The van der Waals surface area contributed by atoms with E-state index < -0.39 is 16.8 Å². The van der Waals surface area contributed by atoms with Gasteiger partial charge in [0.1, 0.15) is 16.8 Å². The lowest BCUT2D eigenvalue weighted by molar-refractivity contribution is 0.0140. The van der Waals surface area contributed by atoms with Crippen molar-refractivity contribution in [3.8, 4) is 0 Å². The van der Waals surface area contributed by atoms with Gasteiger partial charge in [-0.15, -0.1) is 0 Å². The Morgan fingerprint density at radius 3 is 1.79 bits per heavy atom. The summed E-state index contributed by atoms with van der Waals surface area (Å²) in [6, 6.07) is 9.26. The van der Waals surface area contributed by atoms with Crippen molar-refractivity contribution in [1.82, 2.24) is 49.8 Å². The molecule has 4 aromatic heterocycles. The quantitative estimate of drug-likeness (QED) is 0.145. The van der Waals surface area contributed by atoms with Gasteiger partial charge in [0.2, 0.25) is 0 Å². The molecule has 0 radical (unpaired) electrons. The Bertz CT molecular complexity index is 2190. The second-order valence-electron chi connectivity index (χ2n) is 22.3. The normalized spacial score (nSPS) is 24.9. The molecule has 6 unspecified atom stereocenters. The fourth-order valence-corrected chi connectivity index (χ4v) is 9.99. The molecule has 0 bridgehead atoms. The van der Waals surface area contributed by atoms with Gasteiger partial charge in [-0.3, -0.25) is 14.5 Å². The number of carbonyl (C=O) groups excluding carboxylic acids is 3. The second-order valence-corrected chi connectivity index (χ2v) is 22.3. The first-order valence-electron chi connectivity index (χ1n) is 25.0. The highest BCUT2D eigenvalue weighted by atomic mass is 16.6. The number of hydrogen-bond acceptors (Lipinski definition) is 12. The van der Waals surface area contributed by atoms with Crippen LogP contribution < -0.4 is 10.6 Å². The molecule has 6 fully saturated rings. The summed E-state index contributed by atoms with van der Waals surface area (Å²) in [7, 11) is 4.35. The molecular weight excluding hydrogens is 861 g/mol. The summed E-state index contributed by atoms with van der Waals surface area (Å²) in [5, 5.41) is 9.09. The number of carbonyl (C=O) groups is 3. The van der Waals surface area contributed by atoms with Crippen LogP contribution in [0.5, 0.6) is 0 Å². The average molecular weight is 943 g/mol. The van der Waals surface area contributed by atoms with E-state index in [0.29, 0.717) is 23.9 Å². The molecule has 0 spiro atoms. The highest BCUT2D eigenvalue weighted by Gasteiger charge is 2.42. The number of piperidine rings is 3. The minimum atomic E-state index is -0.490. The minimum absolute atomic E-state index is 0.139. The molecule has 6 aliphatic heterocycles. The van der Waals surface area contributed by atoms with Gasteiger partial charge >= 0.3 is 18.3 Å². The summed E-state index contributed by atoms with van der Waals surface area (Å²) in [6.45, 7) is 26.7. The Hall–Kier alpha value is -4.77. The Morgan fingerprint density at radius 1 is 0.603 bits per heavy atom. The summed E-state index contributed by atoms with van der Waals surface area (Å²) < 4.78 is 17.7. The predicted molar refractivity (Wildman–Crippen MR) is 269 cm³/mol. The molecule has 16 heteroatoms. The number of amides is 2. The van der Waals surface area contributed by atoms with Crippen LogP contribution in [0.1, 0.15) is 101 Å². The van der Waals surface area contributed by atoms with Crippen LogP contribution in [0.15, 0.2) is 61.4 Å². The van der Waals surface area contributed by atoms with E-state index in [2.05, 4.69) is 49.5 Å². The Labute approximate surface area is 405 Å². The van der Waals surface area contributed by atoms with Crippen molar-refractivity contribution in [2.24, 2.45) is 17.8 Å². The highest BCUT2D eigenvalue weighted by Crippen LogP contribution is 2.33. The third-order valence-corrected chi connectivity index (χ3v) is 13.4. The molecule has 4 aromatic rings. The van der Waals surface area contributed by atoms with Gasteiger partial charge in [0, 0.05) is 74.3 Å². The smallest absolute Gasteiger partial charge is 0.419 e. The third-order valence-electron chi connectivity index (χ3n) is 13.4. The Morgan fingerprint density at radius 2 is 1.15 bits per heavy atom. The molecule has 0 aliphatic carbocycles. The molecule has 6 atom stereocenters. The molecule has 0 aromatic carbocycles. The lowest BCUT2D eigenvalue weighted by atomic mass is 9.92.